The van der Waals surface area contributed by atoms with E-state index >= 15 is 0 Å². The second-order valence-corrected chi connectivity index (χ2v) is 10.4. The van der Waals surface area contributed by atoms with E-state index in [1.807, 2.05) is 17.0 Å². The summed E-state index contributed by atoms with van der Waals surface area (Å²) in [5, 5.41) is 4.43. The summed E-state index contributed by atoms with van der Waals surface area (Å²) in [6.45, 7) is 2.12. The number of hydrogen-bond acceptors (Lipinski definition) is 5. The minimum atomic E-state index is -0.649. The van der Waals surface area contributed by atoms with E-state index in [1.54, 1.807) is 36.3 Å². The molecular formula is C29H31N5O4. The van der Waals surface area contributed by atoms with Crippen molar-refractivity contribution in [3.63, 3.8) is 0 Å². The number of carbonyl (C=O) groups excluding carboxylic acids is 3. The summed E-state index contributed by atoms with van der Waals surface area (Å²) < 4.78 is 6.76. The average Bonchev–Trinajstić information content (AvgIpc) is 3.44. The van der Waals surface area contributed by atoms with Gasteiger partial charge in [-0.2, -0.15) is 5.10 Å². The number of aromatic nitrogens is 2. The lowest BCUT2D eigenvalue weighted by atomic mass is 9.91. The molecule has 0 radical (unpaired) electrons. The van der Waals surface area contributed by atoms with Crippen LogP contribution in [0.5, 0.6) is 5.75 Å². The quantitative estimate of drug-likeness (QED) is 0.497. The van der Waals surface area contributed by atoms with Crippen molar-refractivity contribution in [1.82, 2.24) is 14.7 Å². The van der Waals surface area contributed by atoms with Crippen LogP contribution in [-0.2, 0) is 16.6 Å². The Balaban J connectivity index is 1.25. The molecule has 1 saturated carbocycles. The van der Waals surface area contributed by atoms with Gasteiger partial charge in [-0.15, -0.1) is 0 Å². The summed E-state index contributed by atoms with van der Waals surface area (Å²) in [6.07, 6.45) is 5.33. The highest BCUT2D eigenvalue weighted by Gasteiger charge is 2.44. The van der Waals surface area contributed by atoms with Crippen molar-refractivity contribution >= 4 is 23.4 Å². The van der Waals surface area contributed by atoms with E-state index in [0.29, 0.717) is 42.1 Å². The standard InChI is InChI=1S/C29H31N5O4/c1-38-22-10-8-21(9-11-22)34-26-23(25(31-34)27(30)36)12-17-33(28(26)37)20-6-4-19(5-7-20)29(13-14-29)15-18-32-16-2-3-24(32)35/h4-11H,2-3,12-18H2,1H3,(H2,30,36). The van der Waals surface area contributed by atoms with Crippen molar-refractivity contribution in [3.05, 3.63) is 71.0 Å². The monoisotopic (exact) mass is 513 g/mol. The van der Waals surface area contributed by atoms with Gasteiger partial charge in [-0.1, -0.05) is 12.1 Å². The summed E-state index contributed by atoms with van der Waals surface area (Å²) in [5.41, 5.74) is 9.53. The van der Waals surface area contributed by atoms with Crippen LogP contribution in [0.2, 0.25) is 0 Å². The maximum Gasteiger partial charge on any atom is 0.277 e. The third kappa shape index (κ3) is 4.12. The van der Waals surface area contributed by atoms with Crippen molar-refractivity contribution in [3.8, 4) is 11.4 Å². The van der Waals surface area contributed by atoms with Gasteiger partial charge in [0, 0.05) is 37.3 Å². The van der Waals surface area contributed by atoms with E-state index in [9.17, 15) is 14.4 Å². The molecule has 9 nitrogen and oxygen atoms in total. The van der Waals surface area contributed by atoms with Gasteiger partial charge in [0.2, 0.25) is 5.91 Å². The first-order chi connectivity index (χ1) is 18.4. The summed E-state index contributed by atoms with van der Waals surface area (Å²) in [5.74, 6) is 0.0823. The van der Waals surface area contributed by atoms with Gasteiger partial charge in [0.25, 0.3) is 11.8 Å². The van der Waals surface area contributed by atoms with Gasteiger partial charge in [-0.3, -0.25) is 14.4 Å². The molecule has 0 unspecified atom stereocenters. The van der Waals surface area contributed by atoms with Crippen molar-refractivity contribution < 1.29 is 19.1 Å². The van der Waals surface area contributed by atoms with Crippen LogP contribution >= 0.6 is 0 Å². The van der Waals surface area contributed by atoms with Gasteiger partial charge in [0.15, 0.2) is 5.69 Å². The molecule has 9 heteroatoms. The number of benzene rings is 2. The van der Waals surface area contributed by atoms with Crippen LogP contribution in [0.25, 0.3) is 5.69 Å². The van der Waals surface area contributed by atoms with Crippen LogP contribution in [0.3, 0.4) is 0 Å². The Hall–Kier alpha value is -4.14. The third-order valence-corrected chi connectivity index (χ3v) is 8.24. The van der Waals surface area contributed by atoms with E-state index in [4.69, 9.17) is 10.5 Å². The fourth-order valence-electron chi connectivity index (χ4n) is 5.83. The number of likely N-dealkylation sites (tertiary alicyclic amines) is 1. The molecule has 3 amide bonds. The summed E-state index contributed by atoms with van der Waals surface area (Å²) in [7, 11) is 1.59. The number of rotatable bonds is 8. The topological polar surface area (TPSA) is 111 Å². The molecular weight excluding hydrogens is 482 g/mol. The number of fused-ring (bicyclic) bond motifs is 1. The molecule has 196 valence electrons. The highest BCUT2D eigenvalue weighted by molar-refractivity contribution is 6.09. The lowest BCUT2D eigenvalue weighted by Crippen LogP contribution is -2.39. The minimum Gasteiger partial charge on any atom is -0.497 e. The smallest absolute Gasteiger partial charge is 0.277 e. The molecule has 2 N–H and O–H groups in total. The Labute approximate surface area is 221 Å². The number of nitrogens with two attached hydrogens (primary N) is 1. The van der Waals surface area contributed by atoms with E-state index < -0.39 is 5.91 Å². The van der Waals surface area contributed by atoms with E-state index in [2.05, 4.69) is 17.2 Å². The SMILES string of the molecule is COc1ccc(-n2nc(C(N)=O)c3c2C(=O)N(c2ccc(C4(CCN5CCCC5=O)CC4)cc2)CC3)cc1. The second kappa shape index (κ2) is 9.31. The van der Waals surface area contributed by atoms with Crippen LogP contribution < -0.4 is 15.4 Å². The molecule has 2 aromatic carbocycles. The van der Waals surface area contributed by atoms with Crippen molar-refractivity contribution in [2.75, 3.05) is 31.6 Å². The summed E-state index contributed by atoms with van der Waals surface area (Å²) in [4.78, 5) is 41.7. The van der Waals surface area contributed by atoms with Crippen molar-refractivity contribution in [2.24, 2.45) is 5.73 Å². The van der Waals surface area contributed by atoms with E-state index in [0.717, 1.165) is 44.5 Å². The normalized spacial score (nSPS) is 18.0. The van der Waals surface area contributed by atoms with Gasteiger partial charge in [-0.05, 0) is 79.5 Å². The fraction of sp³-hybridized carbons (Fsp3) is 0.379. The number of amides is 3. The molecule has 2 aliphatic heterocycles. The molecule has 0 atom stereocenters. The Morgan fingerprint density at radius 2 is 1.71 bits per heavy atom. The second-order valence-electron chi connectivity index (χ2n) is 10.4. The number of hydrogen-bond donors (Lipinski definition) is 1. The van der Waals surface area contributed by atoms with E-state index in [-0.39, 0.29) is 22.9 Å². The number of ether oxygens (including phenoxy) is 1. The molecule has 0 bridgehead atoms. The van der Waals surface area contributed by atoms with Gasteiger partial charge < -0.3 is 20.3 Å². The molecule has 1 aromatic heterocycles. The zero-order chi connectivity index (χ0) is 26.4. The molecule has 3 aromatic rings. The molecule has 2 fully saturated rings. The molecule has 1 saturated heterocycles. The van der Waals surface area contributed by atoms with Gasteiger partial charge in [0.1, 0.15) is 11.4 Å². The van der Waals surface area contributed by atoms with Crippen molar-refractivity contribution in [1.29, 1.82) is 0 Å². The van der Waals surface area contributed by atoms with Gasteiger partial charge in [-0.25, -0.2) is 4.68 Å². The lowest BCUT2D eigenvalue weighted by Gasteiger charge is -2.28. The van der Waals surface area contributed by atoms with E-state index in [1.165, 1.54) is 10.2 Å². The highest BCUT2D eigenvalue weighted by Crippen LogP contribution is 2.51. The predicted molar refractivity (Wildman–Crippen MR) is 142 cm³/mol. The Kier molecular flexibility index (Phi) is 5.93. The van der Waals surface area contributed by atoms with Crippen LogP contribution in [-0.4, -0.2) is 59.1 Å². The van der Waals surface area contributed by atoms with Crippen LogP contribution in [0.15, 0.2) is 48.5 Å². The number of nitrogens with zero attached hydrogens (tertiary/aromatic N) is 4. The number of primary amides is 1. The largest absolute Gasteiger partial charge is 0.497 e. The van der Waals surface area contributed by atoms with Gasteiger partial charge in [0.05, 0.1) is 12.8 Å². The first kappa shape index (κ1) is 24.2. The zero-order valence-corrected chi connectivity index (χ0v) is 21.5. The fourth-order valence-corrected chi connectivity index (χ4v) is 5.83. The highest BCUT2D eigenvalue weighted by atomic mass is 16.5. The lowest BCUT2D eigenvalue weighted by molar-refractivity contribution is -0.127. The van der Waals surface area contributed by atoms with Crippen molar-refractivity contribution in [2.45, 2.75) is 43.9 Å². The maximum atomic E-state index is 13.8. The Morgan fingerprint density at radius 1 is 1.00 bits per heavy atom. The average molecular weight is 514 g/mol. The first-order valence-corrected chi connectivity index (χ1v) is 13.2. The molecule has 1 aliphatic carbocycles. The first-order valence-electron chi connectivity index (χ1n) is 13.2. The third-order valence-electron chi connectivity index (χ3n) is 8.24. The minimum absolute atomic E-state index is 0.129. The molecule has 6 rings (SSSR count). The number of methoxy groups -OCH3 is 1. The predicted octanol–water partition coefficient (Wildman–Crippen LogP) is 3.23. The summed E-state index contributed by atoms with van der Waals surface area (Å²) >= 11 is 0. The zero-order valence-electron chi connectivity index (χ0n) is 21.5. The number of anilines is 1. The number of carbonyl (C=O) groups is 3. The molecule has 3 aliphatic rings. The van der Waals surface area contributed by atoms with Crippen LogP contribution in [0, 0.1) is 0 Å². The molecule has 38 heavy (non-hydrogen) atoms. The van der Waals surface area contributed by atoms with Crippen LogP contribution in [0.1, 0.15) is 64.2 Å². The maximum absolute atomic E-state index is 13.8. The Bertz CT molecular complexity index is 1410. The van der Waals surface area contributed by atoms with Gasteiger partial charge >= 0.3 is 0 Å². The summed E-state index contributed by atoms with van der Waals surface area (Å²) in [6, 6.07) is 15.4. The molecule has 3 heterocycles. The van der Waals surface area contributed by atoms with Crippen LogP contribution in [0.4, 0.5) is 5.69 Å². The molecule has 0 spiro atoms. The Morgan fingerprint density at radius 3 is 2.32 bits per heavy atom.